The van der Waals surface area contributed by atoms with E-state index in [1.54, 1.807) is 18.2 Å². The molecule has 0 heterocycles. The summed E-state index contributed by atoms with van der Waals surface area (Å²) in [5, 5.41) is 3.81. The minimum Gasteiger partial charge on any atom is -0.337 e. The van der Waals surface area contributed by atoms with Gasteiger partial charge in [-0.05, 0) is 28.5 Å². The van der Waals surface area contributed by atoms with Gasteiger partial charge in [0.1, 0.15) is 0 Å². The lowest BCUT2D eigenvalue weighted by Gasteiger charge is -2.22. The van der Waals surface area contributed by atoms with Gasteiger partial charge in [-0.25, -0.2) is 0 Å². The molecule has 0 aliphatic heterocycles. The maximum atomic E-state index is 13.3. The van der Waals surface area contributed by atoms with Gasteiger partial charge in [0, 0.05) is 5.56 Å². The monoisotopic (exact) mass is 329 g/mol. The lowest BCUT2D eigenvalue weighted by Crippen LogP contribution is -2.38. The molecule has 3 aromatic carbocycles. The second-order valence-corrected chi connectivity index (χ2v) is 5.42. The Bertz CT molecular complexity index is 859. The highest BCUT2D eigenvalue weighted by Gasteiger charge is 2.41. The van der Waals surface area contributed by atoms with Gasteiger partial charge in [0.25, 0.3) is 5.91 Å². The van der Waals surface area contributed by atoms with Crippen LogP contribution in [0.25, 0.3) is 10.8 Å². The van der Waals surface area contributed by atoms with Crippen molar-refractivity contribution in [2.45, 2.75) is 12.2 Å². The van der Waals surface area contributed by atoms with E-state index in [0.29, 0.717) is 0 Å². The molecule has 0 fully saturated rings. The third kappa shape index (κ3) is 3.40. The Morgan fingerprint density at radius 2 is 1.46 bits per heavy atom. The van der Waals surface area contributed by atoms with Crippen molar-refractivity contribution in [2.75, 3.05) is 0 Å². The van der Waals surface area contributed by atoms with Crippen molar-refractivity contribution in [3.05, 3.63) is 83.9 Å². The molecule has 0 saturated heterocycles. The van der Waals surface area contributed by atoms with E-state index in [-0.39, 0.29) is 11.1 Å². The van der Waals surface area contributed by atoms with E-state index in [9.17, 15) is 18.0 Å². The number of amides is 1. The summed E-state index contributed by atoms with van der Waals surface area (Å²) < 4.78 is 40.0. The molecule has 5 heteroatoms. The van der Waals surface area contributed by atoms with Crippen LogP contribution in [0.3, 0.4) is 0 Å². The molecule has 0 saturated carbocycles. The lowest BCUT2D eigenvalue weighted by atomic mass is 10.0. The fourth-order valence-electron chi connectivity index (χ4n) is 2.54. The van der Waals surface area contributed by atoms with Crippen molar-refractivity contribution in [2.24, 2.45) is 0 Å². The van der Waals surface area contributed by atoms with Gasteiger partial charge in [-0.3, -0.25) is 4.79 Å². The number of halogens is 3. The number of hydrogen-bond donors (Lipinski definition) is 1. The average molecular weight is 329 g/mol. The second-order valence-electron chi connectivity index (χ2n) is 5.42. The van der Waals surface area contributed by atoms with Crippen LogP contribution in [0.15, 0.2) is 72.8 Å². The normalized spacial score (nSPS) is 12.8. The molecular formula is C19H14F3NO. The number of rotatable bonds is 3. The number of carbonyl (C=O) groups excluding carboxylic acids is 1. The Hall–Kier alpha value is -2.82. The molecule has 1 amide bonds. The van der Waals surface area contributed by atoms with E-state index in [1.807, 2.05) is 24.3 Å². The second kappa shape index (κ2) is 6.35. The summed E-state index contributed by atoms with van der Waals surface area (Å²) in [6.45, 7) is 0. The summed E-state index contributed by atoms with van der Waals surface area (Å²) in [5.41, 5.74) is 0.193. The van der Waals surface area contributed by atoms with Crippen molar-refractivity contribution in [3.8, 4) is 0 Å². The molecule has 0 unspecified atom stereocenters. The maximum absolute atomic E-state index is 13.3. The summed E-state index contributed by atoms with van der Waals surface area (Å²) in [4.78, 5) is 12.3. The summed E-state index contributed by atoms with van der Waals surface area (Å²) in [7, 11) is 0. The first-order valence-electron chi connectivity index (χ1n) is 7.36. The van der Waals surface area contributed by atoms with E-state index in [1.165, 1.54) is 30.3 Å². The van der Waals surface area contributed by atoms with Gasteiger partial charge in [0.15, 0.2) is 6.04 Å². The Morgan fingerprint density at radius 3 is 2.12 bits per heavy atom. The van der Waals surface area contributed by atoms with E-state index in [0.717, 1.165) is 10.8 Å². The van der Waals surface area contributed by atoms with Gasteiger partial charge < -0.3 is 5.32 Å². The molecule has 0 radical (unpaired) electrons. The lowest BCUT2D eigenvalue weighted by molar-refractivity contribution is -0.155. The molecule has 0 bridgehead atoms. The van der Waals surface area contributed by atoms with Crippen LogP contribution in [-0.4, -0.2) is 12.1 Å². The van der Waals surface area contributed by atoms with Crippen molar-refractivity contribution >= 4 is 16.7 Å². The first-order valence-corrected chi connectivity index (χ1v) is 7.36. The van der Waals surface area contributed by atoms with Crippen molar-refractivity contribution in [1.29, 1.82) is 0 Å². The van der Waals surface area contributed by atoms with Crippen LogP contribution in [0.5, 0.6) is 0 Å². The zero-order chi connectivity index (χ0) is 17.2. The van der Waals surface area contributed by atoms with Gasteiger partial charge in [0.05, 0.1) is 0 Å². The van der Waals surface area contributed by atoms with Gasteiger partial charge in [0.2, 0.25) is 0 Å². The smallest absolute Gasteiger partial charge is 0.337 e. The molecule has 1 atom stereocenters. The van der Waals surface area contributed by atoms with Crippen LogP contribution < -0.4 is 5.32 Å². The van der Waals surface area contributed by atoms with E-state index < -0.39 is 18.1 Å². The molecule has 122 valence electrons. The predicted molar refractivity (Wildman–Crippen MR) is 86.7 cm³/mol. The molecule has 1 N–H and O–H groups in total. The van der Waals surface area contributed by atoms with Crippen LogP contribution >= 0.6 is 0 Å². The average Bonchev–Trinajstić information content (AvgIpc) is 2.58. The number of alkyl halides is 3. The van der Waals surface area contributed by atoms with E-state index in [4.69, 9.17) is 0 Å². The quantitative estimate of drug-likeness (QED) is 0.729. The van der Waals surface area contributed by atoms with Gasteiger partial charge in [-0.15, -0.1) is 0 Å². The molecule has 0 aliphatic carbocycles. The van der Waals surface area contributed by atoms with E-state index >= 15 is 0 Å². The van der Waals surface area contributed by atoms with Crippen LogP contribution in [0, 0.1) is 0 Å². The predicted octanol–water partition coefficient (Wildman–Crippen LogP) is 4.87. The zero-order valence-electron chi connectivity index (χ0n) is 12.5. The van der Waals surface area contributed by atoms with Crippen molar-refractivity contribution < 1.29 is 18.0 Å². The fourth-order valence-corrected chi connectivity index (χ4v) is 2.54. The Morgan fingerprint density at radius 1 is 0.833 bits per heavy atom. The van der Waals surface area contributed by atoms with Crippen molar-refractivity contribution in [3.63, 3.8) is 0 Å². The maximum Gasteiger partial charge on any atom is 0.412 e. The highest BCUT2D eigenvalue weighted by molar-refractivity contribution is 5.98. The first kappa shape index (κ1) is 16.1. The standard InChI is InChI=1S/C19H14F3NO/c20-19(21,22)17(14-7-2-1-3-8-14)23-18(24)16-11-10-13-6-4-5-9-15(13)12-16/h1-12,17H,(H,23,24)/t17-/m0/s1. The van der Waals surface area contributed by atoms with Crippen LogP contribution in [0.2, 0.25) is 0 Å². The fraction of sp³-hybridized carbons (Fsp3) is 0.105. The first-order chi connectivity index (χ1) is 11.4. The third-order valence-electron chi connectivity index (χ3n) is 3.75. The topological polar surface area (TPSA) is 29.1 Å². The number of fused-ring (bicyclic) bond motifs is 1. The van der Waals surface area contributed by atoms with Crippen LogP contribution in [-0.2, 0) is 0 Å². The molecule has 3 aromatic rings. The molecule has 0 spiro atoms. The van der Waals surface area contributed by atoms with Gasteiger partial charge in [-0.1, -0.05) is 60.7 Å². The summed E-state index contributed by atoms with van der Waals surface area (Å²) in [6, 6.07) is 17.5. The van der Waals surface area contributed by atoms with Gasteiger partial charge in [-0.2, -0.15) is 13.2 Å². The van der Waals surface area contributed by atoms with E-state index in [2.05, 4.69) is 5.32 Å². The highest BCUT2D eigenvalue weighted by Crippen LogP contribution is 2.32. The molecule has 24 heavy (non-hydrogen) atoms. The summed E-state index contributed by atoms with van der Waals surface area (Å²) >= 11 is 0. The minimum absolute atomic E-state index is 0.000797. The van der Waals surface area contributed by atoms with Crippen molar-refractivity contribution in [1.82, 2.24) is 5.32 Å². The molecule has 0 aromatic heterocycles. The summed E-state index contributed by atoms with van der Waals surface area (Å²) in [5.74, 6) is -0.757. The Kier molecular flexibility index (Phi) is 4.25. The SMILES string of the molecule is O=C(N[C@@H](c1ccccc1)C(F)(F)F)c1ccc2ccccc2c1. The zero-order valence-corrected chi connectivity index (χ0v) is 12.5. The minimum atomic E-state index is -4.58. The molecule has 0 aliphatic rings. The number of hydrogen-bond acceptors (Lipinski definition) is 1. The molecule has 2 nitrogen and oxygen atoms in total. The molecular weight excluding hydrogens is 315 g/mol. The Balaban J connectivity index is 1.90. The third-order valence-corrected chi connectivity index (χ3v) is 3.75. The number of benzene rings is 3. The van der Waals surface area contributed by atoms with Crippen LogP contribution in [0.4, 0.5) is 13.2 Å². The number of nitrogens with one attached hydrogen (secondary N) is 1. The van der Waals surface area contributed by atoms with Gasteiger partial charge >= 0.3 is 6.18 Å². The number of carbonyl (C=O) groups is 1. The largest absolute Gasteiger partial charge is 0.412 e. The highest BCUT2D eigenvalue weighted by atomic mass is 19.4. The summed E-state index contributed by atoms with van der Waals surface area (Å²) in [6.07, 6.45) is -4.58. The van der Waals surface area contributed by atoms with Crippen LogP contribution in [0.1, 0.15) is 22.0 Å². The Labute approximate surface area is 136 Å². The molecule has 3 rings (SSSR count).